The topological polar surface area (TPSA) is 0 Å². The van der Waals surface area contributed by atoms with E-state index in [-0.39, 0.29) is 9.37 Å². The van der Waals surface area contributed by atoms with Crippen molar-refractivity contribution in [1.29, 1.82) is 0 Å². The van der Waals surface area contributed by atoms with Gasteiger partial charge in [-0.25, -0.2) is 8.78 Å². The molecule has 0 fully saturated rings. The molecule has 4 heteroatoms. The quantitative estimate of drug-likeness (QED) is 0.509. The van der Waals surface area contributed by atoms with E-state index in [2.05, 4.69) is 28.6 Å². The van der Waals surface area contributed by atoms with Crippen LogP contribution in [0.25, 0.3) is 0 Å². The van der Waals surface area contributed by atoms with Crippen molar-refractivity contribution in [3.05, 3.63) is 28.2 Å². The Morgan fingerprint density at radius 3 is 2.30 bits per heavy atom. The first-order chi connectivity index (χ1) is 4.61. The molecule has 0 N–H and O–H groups in total. The zero-order chi connectivity index (χ0) is 7.72. The molecule has 0 saturated carbocycles. The van der Waals surface area contributed by atoms with E-state index in [9.17, 15) is 8.78 Å². The van der Waals surface area contributed by atoms with E-state index in [1.165, 1.54) is 0 Å². The smallest absolute Gasteiger partial charge is 0.138 e. The van der Waals surface area contributed by atoms with Crippen molar-refractivity contribution >= 4 is 28.6 Å². The van der Waals surface area contributed by atoms with E-state index in [1.54, 1.807) is 0 Å². The lowest BCUT2D eigenvalue weighted by Crippen LogP contribution is -1.82. The number of rotatable bonds is 0. The van der Waals surface area contributed by atoms with Gasteiger partial charge in [-0.1, -0.05) is 0 Å². The van der Waals surface area contributed by atoms with Crippen LogP contribution in [0, 0.1) is 11.6 Å². The molecule has 0 nitrogen and oxygen atoms in total. The molecule has 0 spiro atoms. The van der Waals surface area contributed by atoms with Gasteiger partial charge in [-0.3, -0.25) is 0 Å². The number of benzene rings is 1. The van der Waals surface area contributed by atoms with Crippen LogP contribution in [-0.2, 0) is 0 Å². The molecule has 0 amide bonds. The summed E-state index contributed by atoms with van der Waals surface area (Å²) in [5, 5.41) is 0. The van der Waals surface area contributed by atoms with Crippen molar-refractivity contribution < 1.29 is 8.78 Å². The lowest BCUT2D eigenvalue weighted by Gasteiger charge is -1.96. The van der Waals surface area contributed by atoms with Crippen molar-refractivity contribution in [2.45, 2.75) is 4.90 Å². The molecule has 0 aliphatic heterocycles. The Balaban J connectivity index is 3.28. The molecule has 1 aromatic rings. The van der Waals surface area contributed by atoms with Gasteiger partial charge < -0.3 is 0 Å². The second-order valence-electron chi connectivity index (χ2n) is 1.72. The van der Waals surface area contributed by atoms with Crippen LogP contribution in [0.15, 0.2) is 21.5 Å². The zero-order valence-electron chi connectivity index (χ0n) is 4.74. The van der Waals surface area contributed by atoms with Crippen LogP contribution < -0.4 is 0 Å². The molecule has 0 aromatic heterocycles. The Kier molecular flexibility index (Phi) is 2.31. The molecule has 10 heavy (non-hydrogen) atoms. The molecule has 0 unspecified atom stereocenters. The fourth-order valence-corrected chi connectivity index (χ4v) is 1.01. The van der Waals surface area contributed by atoms with Gasteiger partial charge in [0.2, 0.25) is 0 Å². The maximum atomic E-state index is 12.5. The molecule has 1 rings (SSSR count). The summed E-state index contributed by atoms with van der Waals surface area (Å²) >= 11 is 6.51. The first-order valence-corrected chi connectivity index (χ1v) is 3.69. The SMILES string of the molecule is Fc1cc(Br)c(F)cc1S. The van der Waals surface area contributed by atoms with Crippen LogP contribution >= 0.6 is 28.6 Å². The third kappa shape index (κ3) is 1.49. The summed E-state index contributed by atoms with van der Waals surface area (Å²) in [6.45, 7) is 0. The van der Waals surface area contributed by atoms with Gasteiger partial charge in [0.1, 0.15) is 11.6 Å². The second-order valence-corrected chi connectivity index (χ2v) is 3.05. The predicted molar refractivity (Wildman–Crippen MR) is 41.3 cm³/mol. The van der Waals surface area contributed by atoms with Crippen molar-refractivity contribution in [3.8, 4) is 0 Å². The molecule has 0 atom stereocenters. The van der Waals surface area contributed by atoms with Crippen molar-refractivity contribution in [1.82, 2.24) is 0 Å². The standard InChI is InChI=1S/C6H3BrF2S/c7-3-1-5(9)6(10)2-4(3)8/h1-2,10H. The molecule has 0 heterocycles. The molecular weight excluding hydrogens is 222 g/mol. The summed E-state index contributed by atoms with van der Waals surface area (Å²) in [4.78, 5) is 0.0145. The van der Waals surface area contributed by atoms with Crippen LogP contribution in [0.2, 0.25) is 0 Å². The molecule has 0 saturated heterocycles. The molecule has 0 aliphatic carbocycles. The minimum absolute atomic E-state index is 0.0145. The monoisotopic (exact) mass is 224 g/mol. The lowest BCUT2D eigenvalue weighted by molar-refractivity contribution is 0.573. The highest BCUT2D eigenvalue weighted by Gasteiger charge is 2.03. The normalized spacial score (nSPS) is 10.0. The highest BCUT2D eigenvalue weighted by Crippen LogP contribution is 2.21. The molecule has 0 radical (unpaired) electrons. The van der Waals surface area contributed by atoms with Crippen LogP contribution in [-0.4, -0.2) is 0 Å². The molecule has 54 valence electrons. The Morgan fingerprint density at radius 2 is 1.80 bits per heavy atom. The first-order valence-electron chi connectivity index (χ1n) is 2.45. The summed E-state index contributed by atoms with van der Waals surface area (Å²) in [7, 11) is 0. The Labute approximate surface area is 70.8 Å². The maximum absolute atomic E-state index is 12.5. The largest absolute Gasteiger partial charge is 0.206 e. The van der Waals surface area contributed by atoms with Gasteiger partial charge in [0.05, 0.1) is 4.47 Å². The minimum atomic E-state index is -0.531. The van der Waals surface area contributed by atoms with Crippen LogP contribution in [0.3, 0.4) is 0 Å². The summed E-state index contributed by atoms with van der Waals surface area (Å²) < 4.78 is 25.1. The van der Waals surface area contributed by atoms with E-state index < -0.39 is 11.6 Å². The summed E-state index contributed by atoms with van der Waals surface area (Å²) in [5.74, 6) is -1.04. The number of hydrogen-bond donors (Lipinski definition) is 1. The van der Waals surface area contributed by atoms with Crippen LogP contribution in [0.4, 0.5) is 8.78 Å². The van der Waals surface area contributed by atoms with Crippen LogP contribution in [0.5, 0.6) is 0 Å². The fourth-order valence-electron chi connectivity index (χ4n) is 0.512. The Bertz CT molecular complexity index is 212. The average Bonchev–Trinajstić information content (AvgIpc) is 1.84. The number of thiol groups is 1. The molecular formula is C6H3BrF2S. The first kappa shape index (κ1) is 8.01. The van der Waals surface area contributed by atoms with E-state index in [1.807, 2.05) is 0 Å². The van der Waals surface area contributed by atoms with Gasteiger partial charge in [-0.05, 0) is 28.1 Å². The third-order valence-electron chi connectivity index (χ3n) is 0.990. The third-order valence-corrected chi connectivity index (χ3v) is 1.94. The summed E-state index contributed by atoms with van der Waals surface area (Å²) in [5.41, 5.74) is 0. The van der Waals surface area contributed by atoms with E-state index in [0.29, 0.717) is 0 Å². The average molecular weight is 225 g/mol. The predicted octanol–water partition coefficient (Wildman–Crippen LogP) is 3.02. The van der Waals surface area contributed by atoms with Crippen molar-refractivity contribution in [3.63, 3.8) is 0 Å². The Morgan fingerprint density at radius 1 is 1.20 bits per heavy atom. The minimum Gasteiger partial charge on any atom is -0.206 e. The highest BCUT2D eigenvalue weighted by molar-refractivity contribution is 9.10. The zero-order valence-corrected chi connectivity index (χ0v) is 7.22. The summed E-state index contributed by atoms with van der Waals surface area (Å²) in [6.07, 6.45) is 0. The van der Waals surface area contributed by atoms with Gasteiger partial charge >= 0.3 is 0 Å². The highest BCUT2D eigenvalue weighted by atomic mass is 79.9. The van der Waals surface area contributed by atoms with Gasteiger partial charge in [0.15, 0.2) is 0 Å². The molecule has 0 aliphatic rings. The lowest BCUT2D eigenvalue weighted by atomic mass is 10.3. The molecule has 0 bridgehead atoms. The van der Waals surface area contributed by atoms with Crippen molar-refractivity contribution in [2.24, 2.45) is 0 Å². The summed E-state index contributed by atoms with van der Waals surface area (Å²) in [6, 6.07) is 2.06. The van der Waals surface area contributed by atoms with Gasteiger partial charge in [0, 0.05) is 4.90 Å². The van der Waals surface area contributed by atoms with Gasteiger partial charge in [-0.15, -0.1) is 12.6 Å². The van der Waals surface area contributed by atoms with E-state index in [0.717, 1.165) is 12.1 Å². The second kappa shape index (κ2) is 2.88. The molecule has 1 aromatic carbocycles. The van der Waals surface area contributed by atoms with Crippen molar-refractivity contribution in [2.75, 3.05) is 0 Å². The van der Waals surface area contributed by atoms with Gasteiger partial charge in [-0.2, -0.15) is 0 Å². The Hall–Kier alpha value is -0.0900. The van der Waals surface area contributed by atoms with Crippen LogP contribution in [0.1, 0.15) is 0 Å². The fraction of sp³-hybridized carbons (Fsp3) is 0. The van der Waals surface area contributed by atoms with Gasteiger partial charge in [0.25, 0.3) is 0 Å². The van der Waals surface area contributed by atoms with E-state index >= 15 is 0 Å². The maximum Gasteiger partial charge on any atom is 0.138 e. The van der Waals surface area contributed by atoms with E-state index in [4.69, 9.17) is 0 Å². The number of hydrogen-bond acceptors (Lipinski definition) is 1. The number of halogens is 3.